The number of anilines is 2. The number of carbonyl (C=O) groups excluding carboxylic acids is 1. The van der Waals surface area contributed by atoms with Crippen molar-refractivity contribution in [1.29, 1.82) is 0 Å². The van der Waals surface area contributed by atoms with Crippen molar-refractivity contribution in [2.45, 2.75) is 39.7 Å². The molecule has 0 aliphatic rings. The Hall–Kier alpha value is -1.55. The first-order chi connectivity index (χ1) is 8.77. The van der Waals surface area contributed by atoms with Gasteiger partial charge in [0.1, 0.15) is 0 Å². The number of aryl methyl sites for hydroxylation is 1. The maximum absolute atomic E-state index is 12.1. The van der Waals surface area contributed by atoms with Crippen molar-refractivity contribution in [1.82, 2.24) is 4.90 Å². The molecule has 1 aromatic rings. The number of nitrogen functional groups attached to an aromatic ring is 1. The van der Waals surface area contributed by atoms with Crippen LogP contribution in [0, 0.1) is 6.92 Å². The Bertz CT molecular complexity index is 434. The summed E-state index contributed by atoms with van der Waals surface area (Å²) in [4.78, 5) is 14.1. The van der Waals surface area contributed by atoms with Crippen molar-refractivity contribution in [3.05, 3.63) is 23.8 Å². The largest absolute Gasteiger partial charge is 0.397 e. The lowest BCUT2D eigenvalue weighted by Gasteiger charge is -2.34. The molecule has 0 saturated heterocycles. The van der Waals surface area contributed by atoms with E-state index in [1.165, 1.54) is 0 Å². The molecule has 4 heteroatoms. The summed E-state index contributed by atoms with van der Waals surface area (Å²) in [7, 11) is 1.96. The van der Waals surface area contributed by atoms with Crippen molar-refractivity contribution in [2.75, 3.05) is 24.6 Å². The lowest BCUT2D eigenvalue weighted by atomic mass is 10.00. The quantitative estimate of drug-likeness (QED) is 0.803. The Morgan fingerprint density at radius 2 is 2.05 bits per heavy atom. The predicted molar refractivity (Wildman–Crippen MR) is 81.2 cm³/mol. The van der Waals surface area contributed by atoms with Crippen LogP contribution in [0.5, 0.6) is 0 Å². The zero-order valence-electron chi connectivity index (χ0n) is 12.6. The number of carbonyl (C=O) groups is 1. The zero-order valence-corrected chi connectivity index (χ0v) is 12.6. The van der Waals surface area contributed by atoms with E-state index in [2.05, 4.69) is 31.0 Å². The molecule has 0 bridgehead atoms. The number of benzene rings is 1. The molecule has 0 unspecified atom stereocenters. The monoisotopic (exact) mass is 263 g/mol. The number of nitrogens with two attached hydrogens (primary N) is 1. The summed E-state index contributed by atoms with van der Waals surface area (Å²) in [6.07, 6.45) is 0.989. The third-order valence-corrected chi connectivity index (χ3v) is 3.85. The van der Waals surface area contributed by atoms with Gasteiger partial charge in [-0.25, -0.2) is 0 Å². The normalized spacial score (nSPS) is 11.7. The van der Waals surface area contributed by atoms with Crippen LogP contribution in [0.15, 0.2) is 18.2 Å². The summed E-state index contributed by atoms with van der Waals surface area (Å²) in [5.41, 5.74) is 8.19. The van der Waals surface area contributed by atoms with Crippen LogP contribution < -0.4 is 11.1 Å². The van der Waals surface area contributed by atoms with Gasteiger partial charge in [0.2, 0.25) is 5.91 Å². The maximum Gasteiger partial charge on any atom is 0.238 e. The van der Waals surface area contributed by atoms with Gasteiger partial charge in [0.05, 0.1) is 17.9 Å². The molecule has 0 aromatic heterocycles. The molecule has 19 heavy (non-hydrogen) atoms. The highest BCUT2D eigenvalue weighted by atomic mass is 16.2. The fraction of sp³-hybridized carbons (Fsp3) is 0.533. The number of amides is 1. The maximum atomic E-state index is 12.1. The van der Waals surface area contributed by atoms with E-state index in [1.54, 1.807) is 6.07 Å². The fourth-order valence-corrected chi connectivity index (χ4v) is 1.74. The fourth-order valence-electron chi connectivity index (χ4n) is 1.74. The Morgan fingerprint density at radius 3 is 2.58 bits per heavy atom. The van der Waals surface area contributed by atoms with Crippen molar-refractivity contribution < 1.29 is 4.79 Å². The Balaban J connectivity index is 2.71. The van der Waals surface area contributed by atoms with Crippen molar-refractivity contribution >= 4 is 17.3 Å². The average Bonchev–Trinajstić information content (AvgIpc) is 2.34. The van der Waals surface area contributed by atoms with Crippen LogP contribution in [0.4, 0.5) is 11.4 Å². The van der Waals surface area contributed by atoms with Crippen LogP contribution >= 0.6 is 0 Å². The third kappa shape index (κ3) is 3.96. The van der Waals surface area contributed by atoms with Gasteiger partial charge in [0.25, 0.3) is 0 Å². The Morgan fingerprint density at radius 1 is 1.42 bits per heavy atom. The van der Waals surface area contributed by atoms with Gasteiger partial charge in [-0.3, -0.25) is 9.69 Å². The first-order valence-corrected chi connectivity index (χ1v) is 6.64. The standard InChI is InChI=1S/C15H25N3O/c1-6-15(3,4)18(5)10-13(19)17-14-11(2)8-7-9-12(14)16/h7-9H,6,10,16H2,1-5H3,(H,17,19). The van der Waals surface area contributed by atoms with E-state index in [-0.39, 0.29) is 11.4 Å². The second kappa shape index (κ2) is 6.06. The van der Waals surface area contributed by atoms with E-state index in [4.69, 9.17) is 5.73 Å². The number of nitrogens with zero attached hydrogens (tertiary/aromatic N) is 1. The summed E-state index contributed by atoms with van der Waals surface area (Å²) in [6, 6.07) is 5.61. The van der Waals surface area contributed by atoms with E-state index < -0.39 is 0 Å². The lowest BCUT2D eigenvalue weighted by Crippen LogP contribution is -2.44. The molecule has 106 valence electrons. The van der Waals surface area contributed by atoms with Gasteiger partial charge in [0.15, 0.2) is 0 Å². The molecular formula is C15H25N3O. The topological polar surface area (TPSA) is 58.4 Å². The van der Waals surface area contributed by atoms with Gasteiger partial charge in [-0.1, -0.05) is 19.1 Å². The molecular weight excluding hydrogens is 238 g/mol. The van der Waals surface area contributed by atoms with Gasteiger partial charge in [-0.2, -0.15) is 0 Å². The highest BCUT2D eigenvalue weighted by Crippen LogP contribution is 2.23. The minimum atomic E-state index is -0.0370. The van der Waals surface area contributed by atoms with Crippen LogP contribution in [-0.2, 0) is 4.79 Å². The first kappa shape index (κ1) is 15.5. The summed E-state index contributed by atoms with van der Waals surface area (Å²) >= 11 is 0. The molecule has 1 aromatic carbocycles. The number of nitrogens with one attached hydrogen (secondary N) is 1. The molecule has 1 amide bonds. The second-order valence-corrected chi connectivity index (χ2v) is 5.61. The number of hydrogen-bond acceptors (Lipinski definition) is 3. The lowest BCUT2D eigenvalue weighted by molar-refractivity contribution is -0.118. The molecule has 0 aliphatic heterocycles. The van der Waals surface area contributed by atoms with Crippen molar-refractivity contribution in [3.8, 4) is 0 Å². The molecule has 0 heterocycles. The molecule has 0 fully saturated rings. The minimum absolute atomic E-state index is 0.00855. The smallest absolute Gasteiger partial charge is 0.238 e. The zero-order chi connectivity index (χ0) is 14.6. The molecule has 3 N–H and O–H groups in total. The highest BCUT2D eigenvalue weighted by Gasteiger charge is 2.23. The van der Waals surface area contributed by atoms with E-state index in [1.807, 2.05) is 26.1 Å². The predicted octanol–water partition coefficient (Wildman–Crippen LogP) is 2.64. The number of likely N-dealkylation sites (N-methyl/N-ethyl adjacent to an activating group) is 1. The average molecular weight is 263 g/mol. The molecule has 0 saturated carbocycles. The van der Waals surface area contributed by atoms with Crippen molar-refractivity contribution in [3.63, 3.8) is 0 Å². The second-order valence-electron chi connectivity index (χ2n) is 5.61. The third-order valence-electron chi connectivity index (χ3n) is 3.85. The van der Waals surface area contributed by atoms with Crippen LogP contribution in [0.25, 0.3) is 0 Å². The molecule has 0 spiro atoms. The van der Waals surface area contributed by atoms with Crippen LogP contribution in [0.1, 0.15) is 32.8 Å². The van der Waals surface area contributed by atoms with Gasteiger partial charge in [-0.05, 0) is 45.9 Å². The summed E-state index contributed by atoms with van der Waals surface area (Å²) in [5, 5.41) is 2.90. The summed E-state index contributed by atoms with van der Waals surface area (Å²) < 4.78 is 0. The number of rotatable bonds is 5. The number of hydrogen-bond donors (Lipinski definition) is 2. The van der Waals surface area contributed by atoms with Gasteiger partial charge in [-0.15, -0.1) is 0 Å². The molecule has 0 radical (unpaired) electrons. The van der Waals surface area contributed by atoms with E-state index in [0.29, 0.717) is 12.2 Å². The summed E-state index contributed by atoms with van der Waals surface area (Å²) in [6.45, 7) is 8.67. The van der Waals surface area contributed by atoms with Crippen LogP contribution in [0.2, 0.25) is 0 Å². The first-order valence-electron chi connectivity index (χ1n) is 6.64. The Labute approximate surface area is 116 Å². The molecule has 1 rings (SSSR count). The van der Waals surface area contributed by atoms with E-state index >= 15 is 0 Å². The SMILES string of the molecule is CCC(C)(C)N(C)CC(=O)Nc1c(C)cccc1N. The molecule has 0 atom stereocenters. The van der Waals surface area contributed by atoms with Gasteiger partial charge < -0.3 is 11.1 Å². The van der Waals surface area contributed by atoms with Crippen molar-refractivity contribution in [2.24, 2.45) is 0 Å². The van der Waals surface area contributed by atoms with Crippen LogP contribution in [-0.4, -0.2) is 29.9 Å². The van der Waals surface area contributed by atoms with E-state index in [9.17, 15) is 4.79 Å². The molecule has 0 aliphatic carbocycles. The van der Waals surface area contributed by atoms with E-state index in [0.717, 1.165) is 17.7 Å². The van der Waals surface area contributed by atoms with Crippen LogP contribution in [0.3, 0.4) is 0 Å². The summed E-state index contributed by atoms with van der Waals surface area (Å²) in [5.74, 6) is -0.0370. The van der Waals surface area contributed by atoms with Gasteiger partial charge in [0, 0.05) is 5.54 Å². The number of para-hydroxylation sites is 1. The highest BCUT2D eigenvalue weighted by molar-refractivity contribution is 5.96. The molecule has 4 nitrogen and oxygen atoms in total. The minimum Gasteiger partial charge on any atom is -0.397 e. The Kier molecular flexibility index (Phi) is 4.95. The van der Waals surface area contributed by atoms with Gasteiger partial charge >= 0.3 is 0 Å².